The molecule has 1 aliphatic heterocycles. The van der Waals surface area contributed by atoms with Crippen LogP contribution in [0, 0.1) is 6.92 Å². The first-order chi connectivity index (χ1) is 13.2. The van der Waals surface area contributed by atoms with E-state index in [1.807, 2.05) is 24.6 Å². The van der Waals surface area contributed by atoms with Crippen LogP contribution >= 0.6 is 0 Å². The average Bonchev–Trinajstić information content (AvgIpc) is 3.10. The fourth-order valence-corrected chi connectivity index (χ4v) is 3.84. The lowest BCUT2D eigenvalue weighted by molar-refractivity contribution is 0.253. The monoisotopic (exact) mass is 365 g/mol. The van der Waals surface area contributed by atoms with Crippen LogP contribution in [0.1, 0.15) is 17.5 Å². The number of nitrogens with zero attached hydrogens (tertiary/aromatic N) is 3. The number of piperazine rings is 1. The minimum absolute atomic E-state index is 0.855. The molecule has 4 rings (SSSR count). The molecule has 142 valence electrons. The fourth-order valence-electron chi connectivity index (χ4n) is 3.84. The molecule has 0 saturated carbocycles. The molecule has 1 aliphatic rings. The number of furan rings is 1. The molecule has 0 spiro atoms. The standard InChI is InChI=1S/C22H27N3O2/c1-17-7-8-20-19(15-17)18(16-27-20)5-4-10-24-11-13-25(14-12-24)22-21(26-2)6-3-9-23-22/h3,6-9,15-16H,4-5,10-14H2,1-2H3. The number of fused-ring (bicyclic) bond motifs is 1. The van der Waals surface area contributed by atoms with Crippen molar-refractivity contribution >= 4 is 16.8 Å². The Morgan fingerprint density at radius 3 is 2.81 bits per heavy atom. The number of pyridine rings is 1. The molecule has 0 amide bonds. The molecule has 3 heterocycles. The molecule has 3 aromatic rings. The zero-order valence-electron chi connectivity index (χ0n) is 16.1. The van der Waals surface area contributed by atoms with Gasteiger partial charge in [0.1, 0.15) is 5.58 Å². The summed E-state index contributed by atoms with van der Waals surface area (Å²) in [5, 5.41) is 1.27. The lowest BCUT2D eigenvalue weighted by Gasteiger charge is -2.35. The van der Waals surface area contributed by atoms with Gasteiger partial charge < -0.3 is 14.1 Å². The lowest BCUT2D eigenvalue weighted by atomic mass is 10.1. The fraction of sp³-hybridized carbons (Fsp3) is 0.409. The van der Waals surface area contributed by atoms with E-state index in [0.717, 1.165) is 62.7 Å². The molecule has 5 heteroatoms. The van der Waals surface area contributed by atoms with Crippen LogP contribution in [0.25, 0.3) is 11.0 Å². The van der Waals surface area contributed by atoms with Gasteiger partial charge in [-0.05, 0) is 56.1 Å². The number of aryl methyl sites for hydroxylation is 2. The Morgan fingerprint density at radius 2 is 2.00 bits per heavy atom. The summed E-state index contributed by atoms with van der Waals surface area (Å²) in [5.41, 5.74) is 3.60. The van der Waals surface area contributed by atoms with Gasteiger partial charge in [0.05, 0.1) is 13.4 Å². The average molecular weight is 365 g/mol. The molecule has 0 unspecified atom stereocenters. The first-order valence-corrected chi connectivity index (χ1v) is 9.67. The van der Waals surface area contributed by atoms with Crippen molar-refractivity contribution in [3.63, 3.8) is 0 Å². The molecule has 1 saturated heterocycles. The molecule has 27 heavy (non-hydrogen) atoms. The Hall–Kier alpha value is -2.53. The maximum atomic E-state index is 5.69. The Kier molecular flexibility index (Phi) is 5.30. The van der Waals surface area contributed by atoms with Gasteiger partial charge >= 0.3 is 0 Å². The predicted octanol–water partition coefficient (Wildman–Crippen LogP) is 3.90. The summed E-state index contributed by atoms with van der Waals surface area (Å²) in [7, 11) is 1.71. The highest BCUT2D eigenvalue weighted by Gasteiger charge is 2.20. The van der Waals surface area contributed by atoms with E-state index in [4.69, 9.17) is 9.15 Å². The molecule has 1 fully saturated rings. The van der Waals surface area contributed by atoms with Gasteiger partial charge in [-0.25, -0.2) is 4.98 Å². The number of benzene rings is 1. The number of methoxy groups -OCH3 is 1. The van der Waals surface area contributed by atoms with Crippen LogP contribution in [0.5, 0.6) is 5.75 Å². The van der Waals surface area contributed by atoms with Crippen molar-refractivity contribution < 1.29 is 9.15 Å². The third-order valence-corrected chi connectivity index (χ3v) is 5.37. The van der Waals surface area contributed by atoms with Crippen LogP contribution in [-0.4, -0.2) is 49.7 Å². The van der Waals surface area contributed by atoms with Crippen LogP contribution in [0.4, 0.5) is 5.82 Å². The highest BCUT2D eigenvalue weighted by atomic mass is 16.5. The summed E-state index contributed by atoms with van der Waals surface area (Å²) in [6.07, 6.45) is 5.97. The quantitative estimate of drug-likeness (QED) is 0.663. The van der Waals surface area contributed by atoms with Crippen LogP contribution in [0.3, 0.4) is 0 Å². The first kappa shape index (κ1) is 17.9. The van der Waals surface area contributed by atoms with Crippen molar-refractivity contribution in [3.05, 3.63) is 53.9 Å². The van der Waals surface area contributed by atoms with E-state index in [0.29, 0.717) is 0 Å². The highest BCUT2D eigenvalue weighted by Crippen LogP contribution is 2.26. The minimum Gasteiger partial charge on any atom is -0.493 e. The van der Waals surface area contributed by atoms with E-state index in [9.17, 15) is 0 Å². The number of rotatable bonds is 6. The number of ether oxygens (including phenoxy) is 1. The van der Waals surface area contributed by atoms with Crippen LogP contribution in [-0.2, 0) is 6.42 Å². The van der Waals surface area contributed by atoms with Crippen molar-refractivity contribution in [1.29, 1.82) is 0 Å². The molecule has 0 radical (unpaired) electrons. The van der Waals surface area contributed by atoms with Crippen molar-refractivity contribution in [2.45, 2.75) is 19.8 Å². The molecule has 0 atom stereocenters. The molecule has 0 N–H and O–H groups in total. The molecule has 1 aromatic carbocycles. The number of hydrogen-bond donors (Lipinski definition) is 0. The van der Waals surface area contributed by atoms with E-state index in [-0.39, 0.29) is 0 Å². The smallest absolute Gasteiger partial charge is 0.171 e. The summed E-state index contributed by atoms with van der Waals surface area (Å²) >= 11 is 0. The minimum atomic E-state index is 0.855. The van der Waals surface area contributed by atoms with Gasteiger partial charge in [-0.1, -0.05) is 11.6 Å². The van der Waals surface area contributed by atoms with Crippen molar-refractivity contribution in [2.75, 3.05) is 44.7 Å². The predicted molar refractivity (Wildman–Crippen MR) is 109 cm³/mol. The van der Waals surface area contributed by atoms with Gasteiger partial charge in [-0.15, -0.1) is 0 Å². The van der Waals surface area contributed by atoms with Gasteiger partial charge in [0.25, 0.3) is 0 Å². The number of aromatic nitrogens is 1. The third kappa shape index (κ3) is 3.93. The molecular formula is C22H27N3O2. The third-order valence-electron chi connectivity index (χ3n) is 5.37. The van der Waals surface area contributed by atoms with Gasteiger partial charge in [-0.2, -0.15) is 0 Å². The summed E-state index contributed by atoms with van der Waals surface area (Å²) in [4.78, 5) is 9.36. The van der Waals surface area contributed by atoms with Crippen LogP contribution < -0.4 is 9.64 Å². The second-order valence-electron chi connectivity index (χ2n) is 7.22. The Bertz CT molecular complexity index is 897. The molecule has 0 aliphatic carbocycles. The zero-order chi connectivity index (χ0) is 18.6. The van der Waals surface area contributed by atoms with Crippen molar-refractivity contribution in [3.8, 4) is 5.75 Å². The van der Waals surface area contributed by atoms with Gasteiger partial charge in [0, 0.05) is 37.8 Å². The molecule has 2 aromatic heterocycles. The maximum absolute atomic E-state index is 5.69. The summed E-state index contributed by atoms with van der Waals surface area (Å²) in [6.45, 7) is 7.34. The largest absolute Gasteiger partial charge is 0.493 e. The SMILES string of the molecule is COc1cccnc1N1CCN(CCCc2coc3ccc(C)cc23)CC1. The topological polar surface area (TPSA) is 41.7 Å². The second-order valence-corrected chi connectivity index (χ2v) is 7.22. The second kappa shape index (κ2) is 8.01. The van der Waals surface area contributed by atoms with Crippen LogP contribution in [0.2, 0.25) is 0 Å². The van der Waals surface area contributed by atoms with Gasteiger partial charge in [-0.3, -0.25) is 4.90 Å². The number of hydrogen-bond acceptors (Lipinski definition) is 5. The normalized spacial score (nSPS) is 15.4. The van der Waals surface area contributed by atoms with E-state index in [1.54, 1.807) is 7.11 Å². The van der Waals surface area contributed by atoms with Crippen molar-refractivity contribution in [1.82, 2.24) is 9.88 Å². The Balaban J connectivity index is 1.29. The maximum Gasteiger partial charge on any atom is 0.171 e. The Morgan fingerprint density at radius 1 is 1.15 bits per heavy atom. The first-order valence-electron chi connectivity index (χ1n) is 9.67. The summed E-state index contributed by atoms with van der Waals surface area (Å²) in [5.74, 6) is 1.81. The Labute approximate surface area is 160 Å². The number of anilines is 1. The van der Waals surface area contributed by atoms with Gasteiger partial charge in [0.2, 0.25) is 0 Å². The molecule has 5 nitrogen and oxygen atoms in total. The molecular weight excluding hydrogens is 338 g/mol. The van der Waals surface area contributed by atoms with E-state index in [1.165, 1.54) is 16.5 Å². The summed E-state index contributed by atoms with van der Waals surface area (Å²) in [6, 6.07) is 10.3. The highest BCUT2D eigenvalue weighted by molar-refractivity contribution is 5.81. The van der Waals surface area contributed by atoms with Crippen LogP contribution in [0.15, 0.2) is 47.2 Å². The lowest BCUT2D eigenvalue weighted by Crippen LogP contribution is -2.47. The summed E-state index contributed by atoms with van der Waals surface area (Å²) < 4.78 is 11.1. The van der Waals surface area contributed by atoms with E-state index < -0.39 is 0 Å². The zero-order valence-corrected chi connectivity index (χ0v) is 16.1. The molecule has 0 bridgehead atoms. The van der Waals surface area contributed by atoms with Crippen molar-refractivity contribution in [2.24, 2.45) is 0 Å². The van der Waals surface area contributed by atoms with Gasteiger partial charge in [0.15, 0.2) is 11.6 Å². The van der Waals surface area contributed by atoms with E-state index in [2.05, 4.69) is 39.9 Å². The van der Waals surface area contributed by atoms with E-state index >= 15 is 0 Å².